The van der Waals surface area contributed by atoms with E-state index in [1.807, 2.05) is 4.90 Å². The lowest BCUT2D eigenvalue weighted by molar-refractivity contribution is -0.155. The van der Waals surface area contributed by atoms with E-state index in [1.165, 1.54) is 0 Å². The predicted molar refractivity (Wildman–Crippen MR) is 66.8 cm³/mol. The number of hydrogen-bond donors (Lipinski definition) is 1. The molecule has 0 radical (unpaired) electrons. The zero-order chi connectivity index (χ0) is 12.5. The Morgan fingerprint density at radius 2 is 2.24 bits per heavy atom. The molecule has 1 N–H and O–H groups in total. The minimum atomic E-state index is -0.200. The first kappa shape index (κ1) is 12.8. The minimum Gasteiger partial charge on any atom is -0.372 e. The summed E-state index contributed by atoms with van der Waals surface area (Å²) < 4.78 is 5.67. The van der Waals surface area contributed by atoms with Crippen molar-refractivity contribution in [3.05, 3.63) is 0 Å². The highest BCUT2D eigenvalue weighted by atomic mass is 16.5. The molecule has 0 aliphatic carbocycles. The van der Waals surface area contributed by atoms with Gasteiger partial charge in [-0.25, -0.2) is 0 Å². The van der Waals surface area contributed by atoms with Crippen molar-refractivity contribution in [1.29, 1.82) is 0 Å². The molecule has 2 fully saturated rings. The van der Waals surface area contributed by atoms with Crippen LogP contribution in [0.3, 0.4) is 0 Å². The SMILES string of the molecule is CCC1(C(=O)N2CCOC(C)(C)C2)CCNC1. The largest absolute Gasteiger partial charge is 0.372 e. The number of amides is 1. The van der Waals surface area contributed by atoms with Gasteiger partial charge in [-0.3, -0.25) is 4.79 Å². The summed E-state index contributed by atoms with van der Waals surface area (Å²) in [6.07, 6.45) is 1.90. The molecule has 0 aromatic rings. The van der Waals surface area contributed by atoms with Gasteiger partial charge in [0.05, 0.1) is 17.6 Å². The van der Waals surface area contributed by atoms with Gasteiger partial charge < -0.3 is 15.0 Å². The normalized spacial score (nSPS) is 32.8. The highest BCUT2D eigenvalue weighted by Crippen LogP contribution is 2.33. The van der Waals surface area contributed by atoms with Crippen LogP contribution in [-0.2, 0) is 9.53 Å². The zero-order valence-corrected chi connectivity index (χ0v) is 11.2. The Morgan fingerprint density at radius 3 is 2.76 bits per heavy atom. The molecule has 4 nitrogen and oxygen atoms in total. The molecule has 2 saturated heterocycles. The number of nitrogens with one attached hydrogen (secondary N) is 1. The maximum atomic E-state index is 12.7. The molecule has 0 spiro atoms. The van der Waals surface area contributed by atoms with Crippen molar-refractivity contribution >= 4 is 5.91 Å². The standard InChI is InChI=1S/C13H24N2O2/c1-4-13(5-6-14-9-13)11(16)15-7-8-17-12(2,3)10-15/h14H,4-10H2,1-3H3. The summed E-state index contributed by atoms with van der Waals surface area (Å²) in [6.45, 7) is 10.1. The van der Waals surface area contributed by atoms with Crippen molar-refractivity contribution in [1.82, 2.24) is 10.2 Å². The third-order valence-electron chi connectivity index (χ3n) is 4.09. The highest BCUT2D eigenvalue weighted by molar-refractivity contribution is 5.83. The molecule has 1 amide bonds. The summed E-state index contributed by atoms with van der Waals surface area (Å²) >= 11 is 0. The third-order valence-corrected chi connectivity index (χ3v) is 4.09. The van der Waals surface area contributed by atoms with E-state index in [0.717, 1.165) is 32.5 Å². The van der Waals surface area contributed by atoms with Crippen molar-refractivity contribution in [2.45, 2.75) is 39.2 Å². The monoisotopic (exact) mass is 240 g/mol. The summed E-state index contributed by atoms with van der Waals surface area (Å²) in [5.74, 6) is 0.321. The Labute approximate surface area is 104 Å². The maximum absolute atomic E-state index is 12.7. The molecule has 98 valence electrons. The van der Waals surface area contributed by atoms with Crippen molar-refractivity contribution in [2.24, 2.45) is 5.41 Å². The molecule has 0 aromatic heterocycles. The fourth-order valence-corrected chi connectivity index (χ4v) is 2.90. The van der Waals surface area contributed by atoms with Gasteiger partial charge in [0.2, 0.25) is 5.91 Å². The van der Waals surface area contributed by atoms with Gasteiger partial charge in [-0.05, 0) is 33.2 Å². The van der Waals surface area contributed by atoms with Crippen LogP contribution in [-0.4, -0.2) is 49.2 Å². The van der Waals surface area contributed by atoms with E-state index in [1.54, 1.807) is 0 Å². The lowest BCUT2D eigenvalue weighted by atomic mass is 9.82. The van der Waals surface area contributed by atoms with Crippen molar-refractivity contribution in [2.75, 3.05) is 32.8 Å². The summed E-state index contributed by atoms with van der Waals surface area (Å²) in [5.41, 5.74) is -0.359. The molecule has 1 atom stereocenters. The Morgan fingerprint density at radius 1 is 1.47 bits per heavy atom. The number of morpholine rings is 1. The van der Waals surface area contributed by atoms with Crippen LogP contribution in [0.5, 0.6) is 0 Å². The van der Waals surface area contributed by atoms with Gasteiger partial charge in [-0.15, -0.1) is 0 Å². The van der Waals surface area contributed by atoms with Gasteiger partial charge >= 0.3 is 0 Å². The van der Waals surface area contributed by atoms with Crippen LogP contribution in [0.25, 0.3) is 0 Å². The molecule has 2 rings (SSSR count). The third kappa shape index (κ3) is 2.47. The zero-order valence-electron chi connectivity index (χ0n) is 11.2. The quantitative estimate of drug-likeness (QED) is 0.783. The van der Waals surface area contributed by atoms with Crippen LogP contribution in [0.1, 0.15) is 33.6 Å². The molecular formula is C13H24N2O2. The van der Waals surface area contributed by atoms with E-state index in [2.05, 4.69) is 26.1 Å². The molecule has 0 aromatic carbocycles. The summed E-state index contributed by atoms with van der Waals surface area (Å²) in [5, 5.41) is 3.33. The van der Waals surface area contributed by atoms with E-state index < -0.39 is 0 Å². The number of ether oxygens (including phenoxy) is 1. The van der Waals surface area contributed by atoms with Gasteiger partial charge in [-0.2, -0.15) is 0 Å². The second-order valence-corrected chi connectivity index (χ2v) is 5.90. The molecule has 17 heavy (non-hydrogen) atoms. The van der Waals surface area contributed by atoms with Crippen LogP contribution in [0.4, 0.5) is 0 Å². The van der Waals surface area contributed by atoms with E-state index in [-0.39, 0.29) is 11.0 Å². The molecule has 0 saturated carbocycles. The fourth-order valence-electron chi connectivity index (χ4n) is 2.90. The molecule has 2 aliphatic heterocycles. The maximum Gasteiger partial charge on any atom is 0.230 e. The second-order valence-electron chi connectivity index (χ2n) is 5.90. The number of nitrogens with zero attached hydrogens (tertiary/aromatic N) is 1. The molecule has 0 bridgehead atoms. The Balaban J connectivity index is 2.08. The number of rotatable bonds is 2. The molecule has 1 unspecified atom stereocenters. The van der Waals surface area contributed by atoms with Gasteiger partial charge in [0.1, 0.15) is 0 Å². The molecular weight excluding hydrogens is 216 g/mol. The lowest BCUT2D eigenvalue weighted by Gasteiger charge is -2.41. The van der Waals surface area contributed by atoms with Gasteiger partial charge in [0.25, 0.3) is 0 Å². The highest BCUT2D eigenvalue weighted by Gasteiger charge is 2.44. The molecule has 2 heterocycles. The predicted octanol–water partition coefficient (Wildman–Crippen LogP) is 1.01. The van der Waals surface area contributed by atoms with Crippen LogP contribution in [0.2, 0.25) is 0 Å². The topological polar surface area (TPSA) is 41.6 Å². The lowest BCUT2D eigenvalue weighted by Crippen LogP contribution is -2.55. The smallest absolute Gasteiger partial charge is 0.230 e. The van der Waals surface area contributed by atoms with Crippen LogP contribution >= 0.6 is 0 Å². The summed E-state index contributed by atoms with van der Waals surface area (Å²) in [7, 11) is 0. The van der Waals surface area contributed by atoms with E-state index >= 15 is 0 Å². The van der Waals surface area contributed by atoms with Crippen LogP contribution in [0, 0.1) is 5.41 Å². The Hall–Kier alpha value is -0.610. The first-order chi connectivity index (χ1) is 7.99. The van der Waals surface area contributed by atoms with Crippen LogP contribution < -0.4 is 5.32 Å². The van der Waals surface area contributed by atoms with Gasteiger partial charge in [0, 0.05) is 19.6 Å². The minimum absolute atomic E-state index is 0.159. The number of carbonyl (C=O) groups is 1. The average Bonchev–Trinajstić information content (AvgIpc) is 2.76. The summed E-state index contributed by atoms with van der Waals surface area (Å²) in [4.78, 5) is 14.7. The van der Waals surface area contributed by atoms with Crippen molar-refractivity contribution in [3.63, 3.8) is 0 Å². The van der Waals surface area contributed by atoms with Crippen molar-refractivity contribution in [3.8, 4) is 0 Å². The van der Waals surface area contributed by atoms with E-state index in [9.17, 15) is 4.79 Å². The fraction of sp³-hybridized carbons (Fsp3) is 0.923. The Kier molecular flexibility index (Phi) is 3.46. The van der Waals surface area contributed by atoms with Gasteiger partial charge in [-0.1, -0.05) is 6.92 Å². The average molecular weight is 240 g/mol. The second kappa shape index (κ2) is 4.58. The van der Waals surface area contributed by atoms with E-state index in [0.29, 0.717) is 19.1 Å². The van der Waals surface area contributed by atoms with Crippen molar-refractivity contribution < 1.29 is 9.53 Å². The Bertz CT molecular complexity index is 296. The van der Waals surface area contributed by atoms with E-state index in [4.69, 9.17) is 4.74 Å². The number of carbonyl (C=O) groups excluding carboxylic acids is 1. The summed E-state index contributed by atoms with van der Waals surface area (Å²) in [6, 6.07) is 0. The first-order valence-electron chi connectivity index (χ1n) is 6.63. The molecule has 4 heteroatoms. The van der Waals surface area contributed by atoms with Gasteiger partial charge in [0.15, 0.2) is 0 Å². The van der Waals surface area contributed by atoms with Crippen LogP contribution in [0.15, 0.2) is 0 Å². The first-order valence-corrected chi connectivity index (χ1v) is 6.63. The molecule has 2 aliphatic rings. The number of hydrogen-bond acceptors (Lipinski definition) is 3.